The number of nitrogens with zero attached hydrogens (tertiary/aromatic N) is 1. The molecule has 2 aromatic carbocycles. The predicted octanol–water partition coefficient (Wildman–Crippen LogP) is 4.12. The van der Waals surface area contributed by atoms with Crippen molar-refractivity contribution in [2.45, 2.75) is 20.3 Å². The minimum atomic E-state index is -0.292. The van der Waals surface area contributed by atoms with Gasteiger partial charge in [-0.2, -0.15) is 5.01 Å². The molecular formula is C19H18N2O2S2. The third kappa shape index (κ3) is 3.91. The Kier molecular flexibility index (Phi) is 5.20. The molecule has 1 aliphatic heterocycles. The highest BCUT2D eigenvalue weighted by Crippen LogP contribution is 2.32. The monoisotopic (exact) mass is 370 g/mol. The van der Waals surface area contributed by atoms with Crippen molar-refractivity contribution in [3.8, 4) is 0 Å². The minimum absolute atomic E-state index is 0.210. The predicted molar refractivity (Wildman–Crippen MR) is 107 cm³/mol. The van der Waals surface area contributed by atoms with Crippen LogP contribution in [0.1, 0.15) is 25.8 Å². The van der Waals surface area contributed by atoms with Crippen LogP contribution in [-0.2, 0) is 9.59 Å². The summed E-state index contributed by atoms with van der Waals surface area (Å²) in [5, 5.41) is 3.35. The number of hydrazine groups is 1. The number of thioether (sulfide) groups is 1. The molecule has 3 rings (SSSR count). The zero-order valence-corrected chi connectivity index (χ0v) is 15.6. The molecule has 1 N–H and O–H groups in total. The van der Waals surface area contributed by atoms with E-state index in [1.54, 1.807) is 0 Å². The number of amides is 2. The Bertz CT molecular complexity index is 885. The highest BCUT2D eigenvalue weighted by molar-refractivity contribution is 8.26. The van der Waals surface area contributed by atoms with E-state index in [1.807, 2.05) is 62.4 Å². The van der Waals surface area contributed by atoms with Gasteiger partial charge in [0.15, 0.2) is 4.32 Å². The first-order valence-corrected chi connectivity index (χ1v) is 9.23. The average molecular weight is 370 g/mol. The molecule has 2 aromatic rings. The summed E-state index contributed by atoms with van der Waals surface area (Å²) in [7, 11) is 0. The molecule has 0 unspecified atom stereocenters. The summed E-state index contributed by atoms with van der Waals surface area (Å²) in [5.74, 6) is -0.289. The molecule has 1 saturated heterocycles. The largest absolute Gasteiger partial charge is 0.285 e. The molecule has 0 radical (unpaired) electrons. The van der Waals surface area contributed by atoms with Crippen LogP contribution in [0.15, 0.2) is 47.4 Å². The van der Waals surface area contributed by atoms with Gasteiger partial charge >= 0.3 is 0 Å². The molecule has 128 valence electrons. The second-order valence-electron chi connectivity index (χ2n) is 6.22. The Morgan fingerprint density at radius 1 is 1.24 bits per heavy atom. The van der Waals surface area contributed by atoms with E-state index in [0.29, 0.717) is 15.6 Å². The first-order valence-electron chi connectivity index (χ1n) is 8.01. The highest BCUT2D eigenvalue weighted by atomic mass is 32.2. The van der Waals surface area contributed by atoms with Crippen molar-refractivity contribution in [1.29, 1.82) is 0 Å². The van der Waals surface area contributed by atoms with Gasteiger partial charge in [0.05, 0.1) is 4.91 Å². The van der Waals surface area contributed by atoms with E-state index < -0.39 is 0 Å². The zero-order chi connectivity index (χ0) is 18.0. The first-order chi connectivity index (χ1) is 12.0. The summed E-state index contributed by atoms with van der Waals surface area (Å²) >= 11 is 6.45. The van der Waals surface area contributed by atoms with E-state index in [9.17, 15) is 9.59 Å². The maximum absolute atomic E-state index is 12.6. The quantitative estimate of drug-likeness (QED) is 0.650. The SMILES string of the molecule is CC(C)CC(=O)NN1C(=O)/C(=C/c2cccc3ccccc23)SC1=S. The first kappa shape index (κ1) is 17.6. The molecule has 0 atom stereocenters. The lowest BCUT2D eigenvalue weighted by atomic mass is 10.0. The Labute approximate surface area is 156 Å². The third-order valence-electron chi connectivity index (χ3n) is 3.73. The van der Waals surface area contributed by atoms with Crippen molar-refractivity contribution >= 4 is 57.0 Å². The number of hydrogen-bond acceptors (Lipinski definition) is 4. The highest BCUT2D eigenvalue weighted by Gasteiger charge is 2.33. The number of hydrogen-bond donors (Lipinski definition) is 1. The van der Waals surface area contributed by atoms with Crippen LogP contribution in [0.4, 0.5) is 0 Å². The Morgan fingerprint density at radius 3 is 2.72 bits per heavy atom. The fourth-order valence-corrected chi connectivity index (χ4v) is 3.79. The Morgan fingerprint density at radius 2 is 1.96 bits per heavy atom. The van der Waals surface area contributed by atoms with Crippen LogP contribution in [0.2, 0.25) is 0 Å². The molecule has 1 heterocycles. The van der Waals surface area contributed by atoms with Crippen molar-refractivity contribution in [2.75, 3.05) is 0 Å². The number of rotatable bonds is 4. The fraction of sp³-hybridized carbons (Fsp3) is 0.211. The zero-order valence-electron chi connectivity index (χ0n) is 14.0. The smallest absolute Gasteiger partial charge is 0.273 e. The van der Waals surface area contributed by atoms with Crippen molar-refractivity contribution in [2.24, 2.45) is 5.92 Å². The number of thiocarbonyl (C=S) groups is 1. The number of fused-ring (bicyclic) bond motifs is 1. The van der Waals surface area contributed by atoms with E-state index >= 15 is 0 Å². The van der Waals surface area contributed by atoms with Crippen LogP contribution in [-0.4, -0.2) is 21.1 Å². The maximum atomic E-state index is 12.6. The average Bonchev–Trinajstić information content (AvgIpc) is 2.82. The molecule has 1 aliphatic rings. The summed E-state index contributed by atoms with van der Waals surface area (Å²) in [5.41, 5.74) is 3.56. The molecule has 6 heteroatoms. The molecule has 1 fully saturated rings. The maximum Gasteiger partial charge on any atom is 0.285 e. The number of nitrogens with one attached hydrogen (secondary N) is 1. The van der Waals surface area contributed by atoms with Crippen molar-refractivity contribution < 1.29 is 9.59 Å². The summed E-state index contributed by atoms with van der Waals surface area (Å²) in [6.07, 6.45) is 2.18. The van der Waals surface area contributed by atoms with Crippen LogP contribution >= 0.6 is 24.0 Å². The van der Waals surface area contributed by atoms with Gasteiger partial charge in [-0.3, -0.25) is 15.0 Å². The van der Waals surface area contributed by atoms with Gasteiger partial charge in [-0.15, -0.1) is 0 Å². The molecule has 25 heavy (non-hydrogen) atoms. The topological polar surface area (TPSA) is 49.4 Å². The van der Waals surface area contributed by atoms with E-state index in [4.69, 9.17) is 12.2 Å². The van der Waals surface area contributed by atoms with Gasteiger partial charge in [-0.1, -0.05) is 68.1 Å². The summed E-state index contributed by atoms with van der Waals surface area (Å²) in [6.45, 7) is 3.90. The van der Waals surface area contributed by atoms with Crippen LogP contribution in [0.25, 0.3) is 16.8 Å². The fourth-order valence-electron chi connectivity index (χ4n) is 2.62. The lowest BCUT2D eigenvalue weighted by Gasteiger charge is -2.16. The summed E-state index contributed by atoms with van der Waals surface area (Å²) in [4.78, 5) is 25.1. The second kappa shape index (κ2) is 7.37. The molecule has 4 nitrogen and oxygen atoms in total. The summed E-state index contributed by atoms with van der Waals surface area (Å²) in [6, 6.07) is 14.0. The van der Waals surface area contributed by atoms with Crippen LogP contribution < -0.4 is 5.43 Å². The molecule has 0 saturated carbocycles. The molecule has 0 aliphatic carbocycles. The molecule has 0 spiro atoms. The third-order valence-corrected chi connectivity index (χ3v) is 5.04. The normalized spacial score (nSPS) is 16.3. The van der Waals surface area contributed by atoms with Gasteiger partial charge in [0, 0.05) is 6.42 Å². The second-order valence-corrected chi connectivity index (χ2v) is 7.89. The lowest BCUT2D eigenvalue weighted by molar-refractivity contribution is -0.133. The lowest BCUT2D eigenvalue weighted by Crippen LogP contribution is -2.45. The van der Waals surface area contributed by atoms with Gasteiger partial charge in [0.1, 0.15) is 0 Å². The molecule has 0 bridgehead atoms. The van der Waals surface area contributed by atoms with E-state index in [-0.39, 0.29) is 17.7 Å². The standard InChI is InChI=1S/C19H18N2O2S2/c1-12(2)10-17(22)20-21-18(23)16(25-19(21)24)11-14-8-5-7-13-6-3-4-9-15(13)14/h3-9,11-12H,10H2,1-2H3,(H,20,22)/b16-11-. The van der Waals surface area contributed by atoms with E-state index in [0.717, 1.165) is 16.3 Å². The van der Waals surface area contributed by atoms with Crippen LogP contribution in [0.5, 0.6) is 0 Å². The van der Waals surface area contributed by atoms with Gasteiger partial charge in [0.2, 0.25) is 5.91 Å². The molecular weight excluding hydrogens is 352 g/mol. The Hall–Kier alpha value is -2.18. The summed E-state index contributed by atoms with van der Waals surface area (Å²) < 4.78 is 0.341. The number of carbonyl (C=O) groups is 2. The van der Waals surface area contributed by atoms with E-state index in [1.165, 1.54) is 16.8 Å². The van der Waals surface area contributed by atoms with Crippen molar-refractivity contribution in [3.63, 3.8) is 0 Å². The Balaban J connectivity index is 1.86. The van der Waals surface area contributed by atoms with Gasteiger partial charge in [-0.05, 0) is 40.5 Å². The van der Waals surface area contributed by atoms with Crippen LogP contribution in [0, 0.1) is 5.92 Å². The minimum Gasteiger partial charge on any atom is -0.273 e. The van der Waals surface area contributed by atoms with Gasteiger partial charge in [0.25, 0.3) is 5.91 Å². The van der Waals surface area contributed by atoms with Gasteiger partial charge in [-0.25, -0.2) is 0 Å². The number of carbonyl (C=O) groups excluding carboxylic acids is 2. The van der Waals surface area contributed by atoms with E-state index in [2.05, 4.69) is 5.43 Å². The van der Waals surface area contributed by atoms with Crippen LogP contribution in [0.3, 0.4) is 0 Å². The number of benzene rings is 2. The molecule has 2 amide bonds. The molecule has 0 aromatic heterocycles. The van der Waals surface area contributed by atoms with Crippen molar-refractivity contribution in [3.05, 3.63) is 52.9 Å². The van der Waals surface area contributed by atoms with Crippen molar-refractivity contribution in [1.82, 2.24) is 10.4 Å². The van der Waals surface area contributed by atoms with Gasteiger partial charge < -0.3 is 0 Å².